The number of carbonyl (C=O) groups excluding carboxylic acids is 3. The number of carbonyl (C=O) groups is 3. The number of nitrogens with one attached hydrogen (secondary N) is 2. The quantitative estimate of drug-likeness (QED) is 0.576. The fourth-order valence-electron chi connectivity index (χ4n) is 1.92. The average molecular weight is 289 g/mol. The van der Waals surface area contributed by atoms with E-state index in [2.05, 4.69) is 15.4 Å². The molecule has 0 bridgehead atoms. The van der Waals surface area contributed by atoms with Crippen LogP contribution in [0.2, 0.25) is 0 Å². The second-order valence-electron chi connectivity index (χ2n) is 4.31. The lowest BCUT2D eigenvalue weighted by atomic mass is 10.1. The first kappa shape index (κ1) is 16.4. The first-order valence-corrected chi connectivity index (χ1v) is 6.59. The number of piperazine rings is 1. The van der Waals surface area contributed by atoms with Gasteiger partial charge in [-0.2, -0.15) is 0 Å². The molecule has 1 aliphatic heterocycles. The van der Waals surface area contributed by atoms with E-state index in [1.165, 1.54) is 4.90 Å². The summed E-state index contributed by atoms with van der Waals surface area (Å²) in [5.74, 6) is -1.24. The van der Waals surface area contributed by atoms with Crippen LogP contribution in [0.1, 0.15) is 13.3 Å². The molecule has 0 saturated carbocycles. The molecule has 0 aliphatic carbocycles. The van der Waals surface area contributed by atoms with Crippen molar-refractivity contribution in [3.8, 4) is 0 Å². The number of ether oxygens (including phenoxy) is 1. The number of hydrogen-bond acceptors (Lipinski definition) is 5. The summed E-state index contributed by atoms with van der Waals surface area (Å²) in [6.45, 7) is 2.08. The zero-order valence-electron chi connectivity index (χ0n) is 11.5. The first-order valence-electron chi connectivity index (χ1n) is 6.59. The van der Waals surface area contributed by atoms with Crippen LogP contribution in [-0.2, 0) is 19.1 Å². The Kier molecular flexibility index (Phi) is 6.92. The van der Waals surface area contributed by atoms with E-state index in [-0.39, 0.29) is 32.0 Å². The lowest BCUT2D eigenvalue weighted by Crippen LogP contribution is -2.56. The maximum absolute atomic E-state index is 12.3. The molecule has 1 heterocycles. The molecule has 2 N–H and O–H groups in total. The van der Waals surface area contributed by atoms with Gasteiger partial charge in [0.15, 0.2) is 0 Å². The summed E-state index contributed by atoms with van der Waals surface area (Å²) >= 11 is 0. The van der Waals surface area contributed by atoms with Crippen molar-refractivity contribution in [3.05, 3.63) is 0 Å². The summed E-state index contributed by atoms with van der Waals surface area (Å²) < 4.78 is 16.9. The maximum atomic E-state index is 12.3. The average Bonchev–Trinajstić information content (AvgIpc) is 2.42. The highest BCUT2D eigenvalue weighted by atomic mass is 19.1. The van der Waals surface area contributed by atoms with Crippen molar-refractivity contribution >= 4 is 17.8 Å². The summed E-state index contributed by atoms with van der Waals surface area (Å²) in [6.07, 6.45) is -0.0823. The van der Waals surface area contributed by atoms with Gasteiger partial charge >= 0.3 is 5.97 Å². The molecular weight excluding hydrogens is 269 g/mol. The van der Waals surface area contributed by atoms with Crippen LogP contribution in [0.4, 0.5) is 4.39 Å². The van der Waals surface area contributed by atoms with Crippen molar-refractivity contribution in [2.45, 2.75) is 19.4 Å². The monoisotopic (exact) mass is 289 g/mol. The summed E-state index contributed by atoms with van der Waals surface area (Å²) in [6, 6.07) is -0.669. The second kappa shape index (κ2) is 8.47. The Morgan fingerprint density at radius 3 is 2.95 bits per heavy atom. The highest BCUT2D eigenvalue weighted by Gasteiger charge is 2.29. The van der Waals surface area contributed by atoms with Gasteiger partial charge in [0.2, 0.25) is 11.8 Å². The summed E-state index contributed by atoms with van der Waals surface area (Å²) in [4.78, 5) is 36.0. The number of halogens is 1. The molecule has 0 aromatic rings. The molecule has 1 unspecified atom stereocenters. The third-order valence-corrected chi connectivity index (χ3v) is 2.86. The van der Waals surface area contributed by atoms with Crippen molar-refractivity contribution in [1.82, 2.24) is 15.5 Å². The van der Waals surface area contributed by atoms with E-state index in [1.807, 2.05) is 0 Å². The van der Waals surface area contributed by atoms with Gasteiger partial charge in [0, 0.05) is 19.6 Å². The van der Waals surface area contributed by atoms with E-state index < -0.39 is 24.6 Å². The molecule has 0 spiro atoms. The minimum atomic E-state index is -0.669. The van der Waals surface area contributed by atoms with E-state index in [9.17, 15) is 18.8 Å². The first-order chi connectivity index (χ1) is 9.58. The summed E-state index contributed by atoms with van der Waals surface area (Å²) in [5.41, 5.74) is 0. The predicted octanol–water partition coefficient (Wildman–Crippen LogP) is -1.17. The van der Waals surface area contributed by atoms with Crippen molar-refractivity contribution < 1.29 is 23.5 Å². The SMILES string of the molecule is CCOC(=O)CNC(=O)CC1NCCN(CCF)C1=O. The van der Waals surface area contributed by atoms with Gasteiger partial charge in [0.05, 0.1) is 19.1 Å². The van der Waals surface area contributed by atoms with Crippen LogP contribution in [0.5, 0.6) is 0 Å². The fourth-order valence-corrected chi connectivity index (χ4v) is 1.92. The Bertz CT molecular complexity index is 363. The number of hydrogen-bond donors (Lipinski definition) is 2. The fraction of sp³-hybridized carbons (Fsp3) is 0.750. The van der Waals surface area contributed by atoms with Gasteiger partial charge in [0.1, 0.15) is 13.2 Å². The number of rotatable bonds is 7. The zero-order chi connectivity index (χ0) is 15.0. The van der Waals surface area contributed by atoms with Gasteiger partial charge in [-0.05, 0) is 6.92 Å². The van der Waals surface area contributed by atoms with Crippen molar-refractivity contribution in [2.24, 2.45) is 0 Å². The van der Waals surface area contributed by atoms with Gasteiger partial charge in [0.25, 0.3) is 0 Å². The Morgan fingerprint density at radius 1 is 1.55 bits per heavy atom. The number of esters is 1. The molecule has 7 nitrogen and oxygen atoms in total. The van der Waals surface area contributed by atoms with Gasteiger partial charge in [-0.1, -0.05) is 0 Å². The molecule has 0 aromatic carbocycles. The smallest absolute Gasteiger partial charge is 0.325 e. The minimum Gasteiger partial charge on any atom is -0.465 e. The van der Waals surface area contributed by atoms with Crippen molar-refractivity contribution in [1.29, 1.82) is 0 Å². The Hall–Kier alpha value is -1.70. The largest absolute Gasteiger partial charge is 0.465 e. The standard InChI is InChI=1S/C12H20FN3O4/c1-2-20-11(18)8-15-10(17)7-9-12(19)16(5-3-13)6-4-14-9/h9,14H,2-8H2,1H3,(H,15,17). The van der Waals surface area contributed by atoms with Crippen molar-refractivity contribution in [2.75, 3.05) is 39.5 Å². The summed E-state index contributed by atoms with van der Waals surface area (Å²) in [7, 11) is 0. The highest BCUT2D eigenvalue weighted by molar-refractivity contribution is 5.90. The summed E-state index contributed by atoms with van der Waals surface area (Å²) in [5, 5.41) is 5.29. The van der Waals surface area contributed by atoms with Crippen LogP contribution in [0.25, 0.3) is 0 Å². The van der Waals surface area contributed by atoms with Crippen LogP contribution in [0.15, 0.2) is 0 Å². The lowest BCUT2D eigenvalue weighted by molar-refractivity contribution is -0.143. The molecule has 114 valence electrons. The number of nitrogens with zero attached hydrogens (tertiary/aromatic N) is 1. The van der Waals surface area contributed by atoms with Crippen molar-refractivity contribution in [3.63, 3.8) is 0 Å². The molecule has 1 saturated heterocycles. The van der Waals surface area contributed by atoms with E-state index in [0.717, 1.165) is 0 Å². The van der Waals surface area contributed by atoms with E-state index in [1.54, 1.807) is 6.92 Å². The molecule has 2 amide bonds. The van der Waals surface area contributed by atoms with Crippen LogP contribution < -0.4 is 10.6 Å². The third kappa shape index (κ3) is 5.12. The van der Waals surface area contributed by atoms with Gasteiger partial charge in [-0.25, -0.2) is 4.39 Å². The van der Waals surface area contributed by atoms with E-state index >= 15 is 0 Å². The Labute approximate surface area is 116 Å². The molecule has 0 radical (unpaired) electrons. The molecule has 8 heteroatoms. The highest BCUT2D eigenvalue weighted by Crippen LogP contribution is 2.05. The lowest BCUT2D eigenvalue weighted by Gasteiger charge is -2.32. The normalized spacial score (nSPS) is 18.8. The Morgan fingerprint density at radius 2 is 2.30 bits per heavy atom. The molecular formula is C12H20FN3O4. The van der Waals surface area contributed by atoms with Crippen LogP contribution >= 0.6 is 0 Å². The van der Waals surface area contributed by atoms with Crippen LogP contribution in [0, 0.1) is 0 Å². The minimum absolute atomic E-state index is 0.0431. The van der Waals surface area contributed by atoms with Crippen LogP contribution in [0.3, 0.4) is 0 Å². The van der Waals surface area contributed by atoms with E-state index in [0.29, 0.717) is 13.1 Å². The number of amides is 2. The van der Waals surface area contributed by atoms with E-state index in [4.69, 9.17) is 0 Å². The maximum Gasteiger partial charge on any atom is 0.325 e. The predicted molar refractivity (Wildman–Crippen MR) is 68.6 cm³/mol. The molecule has 1 atom stereocenters. The molecule has 1 fully saturated rings. The molecule has 1 rings (SSSR count). The Balaban J connectivity index is 2.37. The van der Waals surface area contributed by atoms with Gasteiger partial charge in [-0.15, -0.1) is 0 Å². The molecule has 1 aliphatic rings. The molecule has 0 aromatic heterocycles. The zero-order valence-corrected chi connectivity index (χ0v) is 11.5. The second-order valence-corrected chi connectivity index (χ2v) is 4.31. The number of alkyl halides is 1. The van der Waals surface area contributed by atoms with Crippen LogP contribution in [-0.4, -0.2) is 68.2 Å². The van der Waals surface area contributed by atoms with Gasteiger partial charge < -0.3 is 20.3 Å². The molecule has 20 heavy (non-hydrogen) atoms. The topological polar surface area (TPSA) is 87.7 Å². The third-order valence-electron chi connectivity index (χ3n) is 2.86. The van der Waals surface area contributed by atoms with Gasteiger partial charge in [-0.3, -0.25) is 14.4 Å².